The molecule has 0 aliphatic heterocycles. The van der Waals surface area contributed by atoms with E-state index in [0.29, 0.717) is 17.4 Å². The summed E-state index contributed by atoms with van der Waals surface area (Å²) in [6, 6.07) is 14.9. The summed E-state index contributed by atoms with van der Waals surface area (Å²) in [5, 5.41) is 14.9. The van der Waals surface area contributed by atoms with Crippen molar-refractivity contribution in [2.75, 3.05) is 23.8 Å². The molecule has 0 aliphatic rings. The molecule has 0 atom stereocenters. The van der Waals surface area contributed by atoms with Crippen LogP contribution >= 0.6 is 0 Å². The third-order valence-electron chi connectivity index (χ3n) is 4.03. The van der Waals surface area contributed by atoms with Gasteiger partial charge in [0.25, 0.3) is 0 Å². The molecule has 0 bridgehead atoms. The zero-order chi connectivity index (χ0) is 19.9. The Hall–Kier alpha value is -3.19. The fourth-order valence-electron chi connectivity index (χ4n) is 2.56. The number of hydrogen-bond donors (Lipinski definition) is 3. The van der Waals surface area contributed by atoms with Gasteiger partial charge < -0.3 is 20.5 Å². The van der Waals surface area contributed by atoms with Gasteiger partial charge in [0, 0.05) is 17.4 Å². The van der Waals surface area contributed by atoms with Gasteiger partial charge >= 0.3 is 0 Å². The third kappa shape index (κ3) is 5.17. The van der Waals surface area contributed by atoms with E-state index in [1.54, 1.807) is 18.2 Å². The number of halogens is 1. The predicted molar refractivity (Wildman–Crippen MR) is 108 cm³/mol. The first-order chi connectivity index (χ1) is 13.5. The van der Waals surface area contributed by atoms with Crippen LogP contribution in [-0.2, 0) is 0 Å². The number of benzene rings is 2. The van der Waals surface area contributed by atoms with Crippen LogP contribution in [0, 0.1) is 5.82 Å². The summed E-state index contributed by atoms with van der Waals surface area (Å²) in [4.78, 5) is 8.21. The van der Waals surface area contributed by atoms with Crippen molar-refractivity contribution in [3.05, 3.63) is 66.1 Å². The van der Waals surface area contributed by atoms with Gasteiger partial charge in [-0.05, 0) is 35.7 Å². The molecule has 6 nitrogen and oxygen atoms in total. The Morgan fingerprint density at radius 2 is 1.86 bits per heavy atom. The second-order valence-electron chi connectivity index (χ2n) is 6.52. The van der Waals surface area contributed by atoms with Gasteiger partial charge in [-0.15, -0.1) is 0 Å². The average Bonchev–Trinajstić information content (AvgIpc) is 2.69. The summed E-state index contributed by atoms with van der Waals surface area (Å²) < 4.78 is 19.5. The smallest absolute Gasteiger partial charge is 0.229 e. The molecule has 0 radical (unpaired) electrons. The van der Waals surface area contributed by atoms with E-state index in [0.717, 1.165) is 11.9 Å². The molecule has 1 heterocycles. The quantitative estimate of drug-likeness (QED) is 0.528. The van der Waals surface area contributed by atoms with Crippen molar-refractivity contribution in [2.45, 2.75) is 19.8 Å². The lowest BCUT2D eigenvalue weighted by molar-refractivity contribution is 0.201. The van der Waals surface area contributed by atoms with Crippen LogP contribution in [0.25, 0.3) is 0 Å². The largest absolute Gasteiger partial charge is 0.491 e. The summed E-state index contributed by atoms with van der Waals surface area (Å²) in [5.74, 6) is 0.825. The number of nitrogens with zero attached hydrogens (tertiary/aromatic N) is 2. The fraction of sp³-hybridized carbons (Fsp3) is 0.238. The number of ether oxygens (including phenoxy) is 1. The highest BCUT2D eigenvalue weighted by molar-refractivity contribution is 5.61. The van der Waals surface area contributed by atoms with Gasteiger partial charge in [-0.3, -0.25) is 0 Å². The number of aliphatic hydroxyl groups is 1. The molecule has 0 saturated heterocycles. The van der Waals surface area contributed by atoms with E-state index in [1.807, 2.05) is 30.3 Å². The summed E-state index contributed by atoms with van der Waals surface area (Å²) in [7, 11) is 0. The second-order valence-corrected chi connectivity index (χ2v) is 6.52. The van der Waals surface area contributed by atoms with Gasteiger partial charge in [0.1, 0.15) is 12.4 Å². The topological polar surface area (TPSA) is 79.3 Å². The summed E-state index contributed by atoms with van der Waals surface area (Å²) in [5.41, 5.74) is 2.64. The number of anilines is 4. The number of aliphatic hydroxyl groups excluding tert-OH is 1. The Balaban J connectivity index is 1.74. The van der Waals surface area contributed by atoms with Crippen LogP contribution in [0.3, 0.4) is 0 Å². The van der Waals surface area contributed by atoms with Gasteiger partial charge in [-0.25, -0.2) is 9.37 Å². The van der Waals surface area contributed by atoms with E-state index in [1.165, 1.54) is 5.56 Å². The van der Waals surface area contributed by atoms with Crippen molar-refractivity contribution in [1.29, 1.82) is 0 Å². The zero-order valence-corrected chi connectivity index (χ0v) is 15.8. The SMILES string of the molecule is CC(C)c1ccc(Nc2nc(Nc3cccc(OCCO)c3)ncc2F)cc1. The van der Waals surface area contributed by atoms with Crippen LogP contribution in [0.15, 0.2) is 54.7 Å². The third-order valence-corrected chi connectivity index (χ3v) is 4.03. The molecule has 0 fully saturated rings. The number of rotatable bonds is 8. The van der Waals surface area contributed by atoms with Gasteiger partial charge in [-0.1, -0.05) is 32.0 Å². The number of hydrogen-bond acceptors (Lipinski definition) is 6. The Kier molecular flexibility index (Phi) is 6.39. The van der Waals surface area contributed by atoms with E-state index < -0.39 is 5.82 Å². The highest BCUT2D eigenvalue weighted by Crippen LogP contribution is 2.24. The molecule has 0 spiro atoms. The second kappa shape index (κ2) is 9.14. The average molecular weight is 382 g/mol. The molecular weight excluding hydrogens is 359 g/mol. The van der Waals surface area contributed by atoms with E-state index in [4.69, 9.17) is 9.84 Å². The van der Waals surface area contributed by atoms with Crippen LogP contribution in [-0.4, -0.2) is 28.3 Å². The molecule has 0 aliphatic carbocycles. The molecule has 146 valence electrons. The lowest BCUT2D eigenvalue weighted by Gasteiger charge is -2.11. The van der Waals surface area contributed by atoms with E-state index in [2.05, 4.69) is 34.4 Å². The standard InChI is InChI=1S/C21H23FN4O2/c1-14(2)15-6-8-16(9-7-15)24-20-19(22)13-23-21(26-20)25-17-4-3-5-18(12-17)28-11-10-27/h3-9,12-14,27H,10-11H2,1-2H3,(H2,23,24,25,26). The van der Waals surface area contributed by atoms with Crippen LogP contribution < -0.4 is 15.4 Å². The summed E-state index contributed by atoms with van der Waals surface area (Å²) >= 11 is 0. The molecule has 0 amide bonds. The Morgan fingerprint density at radius 3 is 2.57 bits per heavy atom. The molecule has 7 heteroatoms. The lowest BCUT2D eigenvalue weighted by Crippen LogP contribution is -2.04. The van der Waals surface area contributed by atoms with Gasteiger partial charge in [-0.2, -0.15) is 4.98 Å². The van der Waals surface area contributed by atoms with E-state index in [9.17, 15) is 4.39 Å². The molecule has 2 aromatic carbocycles. The van der Waals surface area contributed by atoms with Crippen molar-refractivity contribution < 1.29 is 14.2 Å². The highest BCUT2D eigenvalue weighted by atomic mass is 19.1. The first-order valence-corrected chi connectivity index (χ1v) is 9.05. The van der Waals surface area contributed by atoms with E-state index in [-0.39, 0.29) is 25.0 Å². The molecule has 3 rings (SSSR count). The van der Waals surface area contributed by atoms with Crippen LogP contribution in [0.5, 0.6) is 5.75 Å². The van der Waals surface area contributed by atoms with Crippen LogP contribution in [0.1, 0.15) is 25.3 Å². The Labute approximate surface area is 163 Å². The highest BCUT2D eigenvalue weighted by Gasteiger charge is 2.09. The van der Waals surface area contributed by atoms with Gasteiger partial charge in [0.2, 0.25) is 5.95 Å². The molecule has 1 aromatic heterocycles. The van der Waals surface area contributed by atoms with Crippen molar-refractivity contribution >= 4 is 23.1 Å². The minimum Gasteiger partial charge on any atom is -0.491 e. The number of nitrogens with one attached hydrogen (secondary N) is 2. The van der Waals surface area contributed by atoms with Crippen molar-refractivity contribution in [3.63, 3.8) is 0 Å². The molecule has 3 aromatic rings. The monoisotopic (exact) mass is 382 g/mol. The van der Waals surface area contributed by atoms with Gasteiger partial charge in [0.05, 0.1) is 12.8 Å². The normalized spacial score (nSPS) is 10.8. The maximum atomic E-state index is 14.1. The van der Waals surface area contributed by atoms with Crippen molar-refractivity contribution in [1.82, 2.24) is 9.97 Å². The zero-order valence-electron chi connectivity index (χ0n) is 15.8. The van der Waals surface area contributed by atoms with Crippen LogP contribution in [0.4, 0.5) is 27.5 Å². The van der Waals surface area contributed by atoms with Crippen molar-refractivity contribution in [2.24, 2.45) is 0 Å². The van der Waals surface area contributed by atoms with Crippen molar-refractivity contribution in [3.8, 4) is 5.75 Å². The molecule has 3 N–H and O–H groups in total. The van der Waals surface area contributed by atoms with E-state index >= 15 is 0 Å². The minimum atomic E-state index is -0.543. The lowest BCUT2D eigenvalue weighted by atomic mass is 10.0. The molecule has 0 unspecified atom stereocenters. The maximum absolute atomic E-state index is 14.1. The minimum absolute atomic E-state index is 0.0636. The Morgan fingerprint density at radius 1 is 1.07 bits per heavy atom. The fourth-order valence-corrected chi connectivity index (χ4v) is 2.56. The summed E-state index contributed by atoms with van der Waals surface area (Å²) in [6.07, 6.45) is 1.12. The maximum Gasteiger partial charge on any atom is 0.229 e. The molecule has 0 saturated carbocycles. The summed E-state index contributed by atoms with van der Waals surface area (Å²) in [6.45, 7) is 4.38. The molecule has 28 heavy (non-hydrogen) atoms. The van der Waals surface area contributed by atoms with Gasteiger partial charge in [0.15, 0.2) is 11.6 Å². The number of aromatic nitrogens is 2. The van der Waals surface area contributed by atoms with Crippen LogP contribution in [0.2, 0.25) is 0 Å². The molecular formula is C21H23FN4O2. The first kappa shape index (κ1) is 19.6. The predicted octanol–water partition coefficient (Wildman–Crippen LogP) is 4.60. The first-order valence-electron chi connectivity index (χ1n) is 9.05. The Bertz CT molecular complexity index is 917.